The van der Waals surface area contributed by atoms with Crippen LogP contribution >= 0.6 is 22.7 Å². The molecule has 28 heavy (non-hydrogen) atoms. The van der Waals surface area contributed by atoms with E-state index in [0.29, 0.717) is 0 Å². The third kappa shape index (κ3) is 3.39. The minimum absolute atomic E-state index is 0.735. The summed E-state index contributed by atoms with van der Waals surface area (Å²) in [5.41, 5.74) is 4.00. The molecular formula is C20H16N6S2. The lowest BCUT2D eigenvalue weighted by Crippen LogP contribution is -2.08. The Morgan fingerprint density at radius 2 is 1.86 bits per heavy atom. The van der Waals surface area contributed by atoms with Gasteiger partial charge in [0.15, 0.2) is 11.5 Å². The molecule has 0 radical (unpaired) electrons. The second-order valence-electron chi connectivity index (χ2n) is 6.21. The summed E-state index contributed by atoms with van der Waals surface area (Å²) in [7, 11) is 0. The molecule has 0 fully saturated rings. The van der Waals surface area contributed by atoms with E-state index in [1.54, 1.807) is 27.2 Å². The first kappa shape index (κ1) is 17.0. The van der Waals surface area contributed by atoms with Gasteiger partial charge in [-0.15, -0.1) is 26.6 Å². The molecule has 0 amide bonds. The second kappa shape index (κ2) is 7.49. The van der Waals surface area contributed by atoms with Crippen molar-refractivity contribution in [2.24, 2.45) is 0 Å². The SMILES string of the molecule is c1ccc(-c2nc(CCNc3ccc4nnc(-c5ccsc5)n4n3)cs2)cc1. The Hall–Kier alpha value is -3.10. The summed E-state index contributed by atoms with van der Waals surface area (Å²) < 4.78 is 1.78. The van der Waals surface area contributed by atoms with Gasteiger partial charge < -0.3 is 5.32 Å². The van der Waals surface area contributed by atoms with E-state index in [1.165, 1.54) is 0 Å². The number of rotatable bonds is 6. The van der Waals surface area contributed by atoms with Gasteiger partial charge in [0.25, 0.3) is 0 Å². The molecule has 4 aromatic heterocycles. The van der Waals surface area contributed by atoms with Crippen LogP contribution in [0.3, 0.4) is 0 Å². The molecule has 0 aliphatic carbocycles. The molecule has 6 nitrogen and oxygen atoms in total. The first-order valence-corrected chi connectivity index (χ1v) is 10.7. The monoisotopic (exact) mass is 404 g/mol. The molecule has 138 valence electrons. The number of nitrogens with zero attached hydrogens (tertiary/aromatic N) is 5. The summed E-state index contributed by atoms with van der Waals surface area (Å²) in [4.78, 5) is 4.74. The standard InChI is InChI=1S/C20H16N6S2/c1-2-4-14(5-3-1)20-22-16(13-28-20)8-10-21-17-6-7-18-23-24-19(26(18)25-17)15-9-11-27-12-15/h1-7,9,11-13H,8,10H2,(H,21,25). The highest BCUT2D eigenvalue weighted by atomic mass is 32.1. The fraction of sp³-hybridized carbons (Fsp3) is 0.100. The van der Waals surface area contributed by atoms with E-state index in [1.807, 2.05) is 47.2 Å². The molecule has 1 aromatic carbocycles. The van der Waals surface area contributed by atoms with Gasteiger partial charge in [-0.25, -0.2) is 4.98 Å². The Bertz CT molecular complexity index is 1190. The van der Waals surface area contributed by atoms with E-state index in [9.17, 15) is 0 Å². The van der Waals surface area contributed by atoms with Crippen LogP contribution in [0.4, 0.5) is 5.82 Å². The van der Waals surface area contributed by atoms with Crippen molar-refractivity contribution in [2.75, 3.05) is 11.9 Å². The third-order valence-corrected chi connectivity index (χ3v) is 5.93. The van der Waals surface area contributed by atoms with E-state index >= 15 is 0 Å². The fourth-order valence-electron chi connectivity index (χ4n) is 2.91. The highest BCUT2D eigenvalue weighted by Gasteiger charge is 2.10. The van der Waals surface area contributed by atoms with Crippen molar-refractivity contribution in [3.8, 4) is 22.0 Å². The molecule has 5 aromatic rings. The van der Waals surface area contributed by atoms with Crippen molar-refractivity contribution in [3.05, 3.63) is 70.4 Å². The Balaban J connectivity index is 1.28. The van der Waals surface area contributed by atoms with Crippen molar-refractivity contribution in [1.82, 2.24) is 24.8 Å². The number of benzene rings is 1. The summed E-state index contributed by atoms with van der Waals surface area (Å²) in [6.07, 6.45) is 0.836. The van der Waals surface area contributed by atoms with Gasteiger partial charge >= 0.3 is 0 Å². The number of fused-ring (bicyclic) bond motifs is 1. The summed E-state index contributed by atoms with van der Waals surface area (Å²) >= 11 is 3.31. The maximum atomic E-state index is 4.74. The van der Waals surface area contributed by atoms with Gasteiger partial charge in [0.05, 0.1) is 5.69 Å². The average Bonchev–Trinajstić information content (AvgIpc) is 3.49. The largest absolute Gasteiger partial charge is 0.368 e. The Morgan fingerprint density at radius 3 is 2.71 bits per heavy atom. The van der Waals surface area contributed by atoms with Crippen LogP contribution in [0.1, 0.15) is 5.69 Å². The second-order valence-corrected chi connectivity index (χ2v) is 7.85. The lowest BCUT2D eigenvalue weighted by Gasteiger charge is -2.05. The quantitative estimate of drug-likeness (QED) is 0.447. The van der Waals surface area contributed by atoms with Gasteiger partial charge in [-0.05, 0) is 23.6 Å². The maximum absolute atomic E-state index is 4.74. The third-order valence-electron chi connectivity index (χ3n) is 4.30. The van der Waals surface area contributed by atoms with Crippen LogP contribution in [-0.2, 0) is 6.42 Å². The molecule has 0 aliphatic rings. The molecule has 0 unspecified atom stereocenters. The lowest BCUT2D eigenvalue weighted by molar-refractivity contribution is 0.909. The van der Waals surface area contributed by atoms with Gasteiger partial charge in [-0.1, -0.05) is 30.3 Å². The van der Waals surface area contributed by atoms with Crippen LogP contribution in [-0.4, -0.2) is 31.3 Å². The molecule has 8 heteroatoms. The van der Waals surface area contributed by atoms with Crippen LogP contribution in [0.25, 0.3) is 27.6 Å². The number of nitrogens with one attached hydrogen (secondary N) is 1. The molecule has 0 saturated heterocycles. The minimum atomic E-state index is 0.735. The van der Waals surface area contributed by atoms with E-state index in [0.717, 1.165) is 52.1 Å². The molecule has 0 aliphatic heterocycles. The van der Waals surface area contributed by atoms with Crippen molar-refractivity contribution in [1.29, 1.82) is 0 Å². The van der Waals surface area contributed by atoms with Crippen LogP contribution in [0.15, 0.2) is 64.7 Å². The molecule has 1 N–H and O–H groups in total. The van der Waals surface area contributed by atoms with Gasteiger partial charge in [0.1, 0.15) is 10.8 Å². The van der Waals surface area contributed by atoms with Gasteiger partial charge in [0.2, 0.25) is 0 Å². The Morgan fingerprint density at radius 1 is 0.929 bits per heavy atom. The zero-order valence-corrected chi connectivity index (χ0v) is 16.5. The first-order valence-electron chi connectivity index (χ1n) is 8.85. The summed E-state index contributed by atoms with van der Waals surface area (Å²) in [6.45, 7) is 0.756. The summed E-state index contributed by atoms with van der Waals surface area (Å²) in [5, 5.41) is 23.7. The molecule has 0 bridgehead atoms. The maximum Gasteiger partial charge on any atom is 0.186 e. The number of hydrogen-bond acceptors (Lipinski definition) is 7. The fourth-order valence-corrected chi connectivity index (χ4v) is 4.40. The Kier molecular flexibility index (Phi) is 4.56. The van der Waals surface area contributed by atoms with E-state index in [-0.39, 0.29) is 0 Å². The van der Waals surface area contributed by atoms with Crippen LogP contribution in [0.2, 0.25) is 0 Å². The summed E-state index contributed by atoms with van der Waals surface area (Å²) in [6, 6.07) is 16.1. The molecule has 0 saturated carbocycles. The minimum Gasteiger partial charge on any atom is -0.368 e. The van der Waals surface area contributed by atoms with Crippen LogP contribution < -0.4 is 5.32 Å². The van der Waals surface area contributed by atoms with Crippen molar-refractivity contribution >= 4 is 34.1 Å². The molecular weight excluding hydrogens is 388 g/mol. The zero-order valence-electron chi connectivity index (χ0n) is 14.8. The van der Waals surface area contributed by atoms with Gasteiger partial charge in [-0.3, -0.25) is 0 Å². The van der Waals surface area contributed by atoms with Crippen molar-refractivity contribution < 1.29 is 0 Å². The highest BCUT2D eigenvalue weighted by molar-refractivity contribution is 7.13. The first-order chi connectivity index (χ1) is 13.9. The van der Waals surface area contributed by atoms with Crippen molar-refractivity contribution in [2.45, 2.75) is 6.42 Å². The van der Waals surface area contributed by atoms with Crippen LogP contribution in [0, 0.1) is 0 Å². The number of anilines is 1. The van der Waals surface area contributed by atoms with E-state index in [4.69, 9.17) is 4.98 Å². The van der Waals surface area contributed by atoms with Crippen LogP contribution in [0.5, 0.6) is 0 Å². The smallest absolute Gasteiger partial charge is 0.186 e. The summed E-state index contributed by atoms with van der Waals surface area (Å²) in [5.74, 6) is 1.55. The zero-order chi connectivity index (χ0) is 18.8. The Labute approximate surface area is 169 Å². The predicted octanol–water partition coefficient (Wildman–Crippen LogP) is 4.63. The molecule has 0 atom stereocenters. The normalized spacial score (nSPS) is 11.1. The average molecular weight is 405 g/mol. The molecule has 5 rings (SSSR count). The van der Waals surface area contributed by atoms with Gasteiger partial charge in [-0.2, -0.15) is 15.9 Å². The molecule has 4 heterocycles. The number of aromatic nitrogens is 5. The highest BCUT2D eigenvalue weighted by Crippen LogP contribution is 2.24. The topological polar surface area (TPSA) is 68.0 Å². The number of thiophene rings is 1. The molecule has 0 spiro atoms. The lowest BCUT2D eigenvalue weighted by atomic mass is 10.2. The van der Waals surface area contributed by atoms with E-state index < -0.39 is 0 Å². The predicted molar refractivity (Wildman–Crippen MR) is 114 cm³/mol. The van der Waals surface area contributed by atoms with Crippen molar-refractivity contribution in [3.63, 3.8) is 0 Å². The number of thiazole rings is 1. The van der Waals surface area contributed by atoms with Gasteiger partial charge in [0, 0.05) is 34.9 Å². The van der Waals surface area contributed by atoms with E-state index in [2.05, 4.69) is 38.1 Å². The number of hydrogen-bond donors (Lipinski definition) is 1.